The Hall–Kier alpha value is -0.00623. The fourth-order valence-corrected chi connectivity index (χ4v) is 12.0. The van der Waals surface area contributed by atoms with Gasteiger partial charge in [-0.15, -0.1) is 0 Å². The molecule has 0 rings (SSSR count). The lowest BCUT2D eigenvalue weighted by molar-refractivity contribution is -0.890. The quantitative estimate of drug-likeness (QED) is 0.0199. The molecule has 0 aliphatic heterocycles. The molecule has 0 fully saturated rings. The Morgan fingerprint density at radius 2 is 0.615 bits per heavy atom. The van der Waals surface area contributed by atoms with Crippen molar-refractivity contribution >= 4 is 17.6 Å². The summed E-state index contributed by atoms with van der Waals surface area (Å²) in [5, 5.41) is 29.9. The van der Waals surface area contributed by atoms with E-state index >= 15 is 0 Å². The maximum Gasteiger partial charge on any atom is 0.498 e. The molecule has 0 aliphatic carbocycles. The highest BCUT2D eigenvalue weighted by atomic mass is 28.4. The van der Waals surface area contributed by atoms with Gasteiger partial charge in [-0.3, -0.25) is 0 Å². The molecule has 0 aromatic rings. The molecular formula is C52H114N2O9Si2+2. The highest BCUT2D eigenvalue weighted by Crippen LogP contribution is 2.20. The molecule has 13 heteroatoms. The minimum Gasteiger partial charge on any atom is -0.394 e. The molecule has 0 bridgehead atoms. The summed E-state index contributed by atoms with van der Waals surface area (Å²) >= 11 is 0. The van der Waals surface area contributed by atoms with Crippen LogP contribution in [0.4, 0.5) is 0 Å². The molecule has 0 aliphatic rings. The molecule has 0 amide bonds. The van der Waals surface area contributed by atoms with Crippen molar-refractivity contribution in [3.63, 3.8) is 0 Å². The molecule has 3 atom stereocenters. The van der Waals surface area contributed by atoms with E-state index in [0.717, 1.165) is 41.6 Å². The van der Waals surface area contributed by atoms with Gasteiger partial charge >= 0.3 is 17.6 Å². The third-order valence-electron chi connectivity index (χ3n) is 13.5. The van der Waals surface area contributed by atoms with Gasteiger partial charge in [-0.05, 0) is 25.7 Å². The van der Waals surface area contributed by atoms with Gasteiger partial charge in [-0.2, -0.15) is 0 Å². The fraction of sp³-hybridized carbons (Fsp3) is 1.00. The predicted octanol–water partition coefficient (Wildman–Crippen LogP) is 11.1. The van der Waals surface area contributed by atoms with Crippen LogP contribution in [0.1, 0.15) is 232 Å². The zero-order valence-corrected chi connectivity index (χ0v) is 46.1. The van der Waals surface area contributed by atoms with Gasteiger partial charge in [0.15, 0.2) is 0 Å². The van der Waals surface area contributed by atoms with Crippen LogP contribution in [0.2, 0.25) is 12.1 Å². The van der Waals surface area contributed by atoms with Crippen molar-refractivity contribution in [2.75, 3.05) is 80.8 Å². The lowest BCUT2D eigenvalue weighted by Gasteiger charge is -2.32. The van der Waals surface area contributed by atoms with Crippen LogP contribution in [0.3, 0.4) is 0 Å². The van der Waals surface area contributed by atoms with Crippen molar-refractivity contribution in [1.82, 2.24) is 0 Å². The first-order valence-corrected chi connectivity index (χ1v) is 31.8. The summed E-state index contributed by atoms with van der Waals surface area (Å²) in [6.07, 6.45) is 42.2. The van der Waals surface area contributed by atoms with E-state index in [-0.39, 0.29) is 31.9 Å². The molecule has 0 radical (unpaired) electrons. The van der Waals surface area contributed by atoms with Crippen LogP contribution in [-0.4, -0.2) is 149 Å². The normalized spacial score (nSPS) is 14.6. The van der Waals surface area contributed by atoms with Gasteiger partial charge in [0.25, 0.3) is 0 Å². The average Bonchev–Trinajstić information content (AvgIpc) is 3.26. The zero-order valence-electron chi connectivity index (χ0n) is 44.1. The molecule has 0 spiro atoms. The summed E-state index contributed by atoms with van der Waals surface area (Å²) in [7, 11) is 0.959. The summed E-state index contributed by atoms with van der Waals surface area (Å²) in [6.45, 7) is 6.87. The minimum absolute atomic E-state index is 0.148. The molecule has 65 heavy (non-hydrogen) atoms. The van der Waals surface area contributed by atoms with Crippen LogP contribution in [0.5, 0.6) is 0 Å². The Morgan fingerprint density at radius 1 is 0.354 bits per heavy atom. The van der Waals surface area contributed by atoms with Gasteiger partial charge in [0.05, 0.1) is 93.0 Å². The third-order valence-corrected chi connectivity index (χ3v) is 17.3. The van der Waals surface area contributed by atoms with E-state index in [4.69, 9.17) is 13.3 Å². The summed E-state index contributed by atoms with van der Waals surface area (Å²) < 4.78 is 18.5. The smallest absolute Gasteiger partial charge is 0.394 e. The second-order valence-electron chi connectivity index (χ2n) is 21.5. The number of nitrogens with zero attached hydrogens (tertiary/aromatic N) is 2. The van der Waals surface area contributed by atoms with Crippen LogP contribution in [-0.2, 0) is 13.3 Å². The van der Waals surface area contributed by atoms with E-state index in [2.05, 4.69) is 42.0 Å². The van der Waals surface area contributed by atoms with Crippen molar-refractivity contribution in [2.24, 2.45) is 0 Å². The Labute approximate surface area is 405 Å². The second kappa shape index (κ2) is 42.8. The minimum atomic E-state index is -4.00. The van der Waals surface area contributed by atoms with Crippen LogP contribution in [0.15, 0.2) is 0 Å². The first kappa shape index (κ1) is 65.0. The molecule has 6 N–H and O–H groups in total. The van der Waals surface area contributed by atoms with Gasteiger partial charge in [0.1, 0.15) is 0 Å². The van der Waals surface area contributed by atoms with E-state index < -0.39 is 36.4 Å². The van der Waals surface area contributed by atoms with Gasteiger partial charge in [0, 0.05) is 24.9 Å². The standard InChI is InChI=1S/C52H114N2O9Si2/c1-7-9-11-13-15-17-19-21-23-25-27-29-31-33-35-37-41-53(3,4)43-39-45-64(58,59)61-49-52(57)50-63-65(60,62-48-51(56)47-55)46-40-44-54(5,6)42-38-36-34-32-30-28-26-24-22-20-18-16-14-12-10-8-2/h51-52,55-60H,7-50H2,1-6H3/q+2. The lowest BCUT2D eigenvalue weighted by Crippen LogP contribution is -2.49. The van der Waals surface area contributed by atoms with Crippen molar-refractivity contribution in [3.8, 4) is 0 Å². The second-order valence-corrected chi connectivity index (χ2v) is 26.2. The largest absolute Gasteiger partial charge is 0.498 e. The Bertz CT molecular complexity index is 1020. The maximum absolute atomic E-state index is 11.4. The van der Waals surface area contributed by atoms with E-state index in [1.807, 2.05) is 0 Å². The van der Waals surface area contributed by atoms with Gasteiger partial charge in [-0.1, -0.05) is 194 Å². The topological polar surface area (TPSA) is 149 Å². The predicted molar refractivity (Wildman–Crippen MR) is 277 cm³/mol. The molecule has 0 saturated heterocycles. The number of aliphatic hydroxyl groups excluding tert-OH is 3. The first-order chi connectivity index (χ1) is 31.1. The molecule has 0 aromatic heterocycles. The van der Waals surface area contributed by atoms with Crippen LogP contribution in [0.25, 0.3) is 0 Å². The monoisotopic (exact) mass is 967 g/mol. The number of hydrogen-bond acceptors (Lipinski definition) is 9. The maximum atomic E-state index is 11.4. The van der Waals surface area contributed by atoms with Crippen LogP contribution in [0, 0.1) is 0 Å². The van der Waals surface area contributed by atoms with Crippen molar-refractivity contribution in [2.45, 2.75) is 256 Å². The molecule has 0 aromatic carbocycles. The van der Waals surface area contributed by atoms with Crippen molar-refractivity contribution < 1.29 is 52.0 Å². The van der Waals surface area contributed by atoms with Crippen LogP contribution < -0.4 is 0 Å². The summed E-state index contributed by atoms with van der Waals surface area (Å²) in [6, 6.07) is 0.390. The summed E-state index contributed by atoms with van der Waals surface area (Å²) in [5.74, 6) is 0. The number of quaternary nitrogens is 2. The van der Waals surface area contributed by atoms with E-state index in [9.17, 15) is 29.7 Å². The molecule has 0 heterocycles. The van der Waals surface area contributed by atoms with E-state index in [1.54, 1.807) is 0 Å². The number of rotatable bonds is 52. The Kier molecular flexibility index (Phi) is 42.8. The summed E-state index contributed by atoms with van der Waals surface area (Å²) in [4.78, 5) is 32.7. The van der Waals surface area contributed by atoms with Crippen molar-refractivity contribution in [1.29, 1.82) is 0 Å². The van der Waals surface area contributed by atoms with E-state index in [1.165, 1.54) is 199 Å². The number of hydrogen-bond donors (Lipinski definition) is 6. The molecule has 11 nitrogen and oxygen atoms in total. The third kappa shape index (κ3) is 44.9. The van der Waals surface area contributed by atoms with E-state index in [0.29, 0.717) is 12.8 Å². The lowest BCUT2D eigenvalue weighted by atomic mass is 10.0. The SMILES string of the molecule is CCCCCCCCCCCCCCCCCC[N+](C)(C)CCC[Si](O)(O)OCC(O)CO[Si](O)(CCC[N+](C)(C)CCCCCCCCCCCCCCCCCC)OCC(O)CO. The first-order valence-electron chi connectivity index (χ1n) is 27.8. The van der Waals surface area contributed by atoms with Gasteiger partial charge in [-0.25, -0.2) is 0 Å². The number of unbranched alkanes of at least 4 members (excludes halogenated alkanes) is 30. The van der Waals surface area contributed by atoms with Crippen molar-refractivity contribution in [3.05, 3.63) is 0 Å². The van der Waals surface area contributed by atoms with Gasteiger partial charge in [0.2, 0.25) is 0 Å². The molecular weight excluding hydrogens is 853 g/mol. The van der Waals surface area contributed by atoms with Gasteiger partial charge < -0.3 is 52.0 Å². The summed E-state index contributed by atoms with van der Waals surface area (Å²) in [5.41, 5.74) is 0. The average molecular weight is 968 g/mol. The number of aliphatic hydroxyl groups is 3. The Balaban J connectivity index is 4.28. The highest BCUT2D eigenvalue weighted by molar-refractivity contribution is 6.59. The zero-order chi connectivity index (χ0) is 48.4. The molecule has 392 valence electrons. The van der Waals surface area contributed by atoms with Crippen LogP contribution >= 0.6 is 0 Å². The fourth-order valence-electron chi connectivity index (χ4n) is 8.91. The molecule has 3 unspecified atom stereocenters. The Morgan fingerprint density at radius 3 is 0.938 bits per heavy atom. The molecule has 0 saturated carbocycles. The highest BCUT2D eigenvalue weighted by Gasteiger charge is 2.39.